The summed E-state index contributed by atoms with van der Waals surface area (Å²) >= 11 is 0.815. The van der Waals surface area contributed by atoms with Gasteiger partial charge < -0.3 is 4.90 Å². The Balaban J connectivity index is 2.31. The van der Waals surface area contributed by atoms with E-state index in [1.54, 1.807) is 20.0 Å². The molecule has 0 spiro atoms. The molecule has 28 heavy (non-hydrogen) atoms. The van der Waals surface area contributed by atoms with Gasteiger partial charge in [-0.1, -0.05) is 31.0 Å². The summed E-state index contributed by atoms with van der Waals surface area (Å²) in [7, 11) is 1.56. The van der Waals surface area contributed by atoms with Gasteiger partial charge in [-0.15, -0.1) is 0 Å². The number of amides is 1. The van der Waals surface area contributed by atoms with Crippen molar-refractivity contribution in [2.24, 2.45) is 0 Å². The second-order valence-electron chi connectivity index (χ2n) is 6.96. The van der Waals surface area contributed by atoms with Gasteiger partial charge >= 0.3 is 6.18 Å². The van der Waals surface area contributed by atoms with Gasteiger partial charge in [0, 0.05) is 12.7 Å². The number of halogens is 3. The number of nitriles is 2. The minimum absolute atomic E-state index is 0.114. The highest BCUT2D eigenvalue weighted by atomic mass is 32.2. The lowest BCUT2D eigenvalue weighted by atomic mass is 9.81. The predicted octanol–water partition coefficient (Wildman–Crippen LogP) is 4.45. The number of rotatable bonds is 4. The van der Waals surface area contributed by atoms with Crippen LogP contribution in [-0.4, -0.2) is 33.6 Å². The summed E-state index contributed by atoms with van der Waals surface area (Å²) in [4.78, 5) is 18.4. The normalized spacial score (nSPS) is 17.3. The van der Waals surface area contributed by atoms with Gasteiger partial charge in [-0.3, -0.25) is 4.79 Å². The summed E-state index contributed by atoms with van der Waals surface area (Å²) in [6.07, 6.45) is -0.833. The van der Waals surface area contributed by atoms with E-state index in [1.165, 1.54) is 11.8 Å². The smallest absolute Gasteiger partial charge is 0.326 e. The van der Waals surface area contributed by atoms with Crippen LogP contribution in [0.5, 0.6) is 0 Å². The van der Waals surface area contributed by atoms with Crippen LogP contribution in [0.25, 0.3) is 0 Å². The molecule has 1 heterocycles. The van der Waals surface area contributed by atoms with Gasteiger partial charge in [0.2, 0.25) is 5.91 Å². The van der Waals surface area contributed by atoms with E-state index in [-0.39, 0.29) is 16.6 Å². The largest absolute Gasteiger partial charge is 0.417 e. The third-order valence-corrected chi connectivity index (χ3v) is 6.10. The molecule has 1 atom stereocenters. The maximum atomic E-state index is 13.3. The Hall–Kier alpha value is -2.26. The Kier molecular flexibility index (Phi) is 6.61. The van der Waals surface area contributed by atoms with Crippen molar-refractivity contribution in [3.05, 3.63) is 22.9 Å². The van der Waals surface area contributed by atoms with E-state index >= 15 is 0 Å². The molecular formula is C19H21F3N4OS. The minimum Gasteiger partial charge on any atom is -0.326 e. The first-order chi connectivity index (χ1) is 13.1. The maximum Gasteiger partial charge on any atom is 0.417 e. The first-order valence-electron chi connectivity index (χ1n) is 8.90. The number of aryl methyl sites for hydroxylation is 1. The average Bonchev–Trinajstić information content (AvgIpc) is 2.66. The lowest BCUT2D eigenvalue weighted by molar-refractivity contribution is -0.138. The van der Waals surface area contributed by atoms with Gasteiger partial charge in [-0.25, -0.2) is 4.98 Å². The zero-order valence-electron chi connectivity index (χ0n) is 15.9. The molecule has 0 unspecified atom stereocenters. The number of nitrogens with zero attached hydrogens (tertiary/aromatic N) is 4. The van der Waals surface area contributed by atoms with Crippen molar-refractivity contribution in [3.63, 3.8) is 0 Å². The Morgan fingerprint density at radius 3 is 2.43 bits per heavy atom. The molecule has 1 aromatic heterocycles. The van der Waals surface area contributed by atoms with Crippen LogP contribution in [0.3, 0.4) is 0 Å². The van der Waals surface area contributed by atoms with Crippen molar-refractivity contribution in [1.82, 2.24) is 9.88 Å². The molecule has 2 rings (SSSR count). The van der Waals surface area contributed by atoms with E-state index in [0.717, 1.165) is 37.1 Å². The molecule has 1 saturated carbocycles. The molecule has 150 valence electrons. The zero-order chi connectivity index (χ0) is 21.1. The van der Waals surface area contributed by atoms with Crippen molar-refractivity contribution in [3.8, 4) is 12.1 Å². The first-order valence-corrected chi connectivity index (χ1v) is 9.78. The topological polar surface area (TPSA) is 80.8 Å². The fourth-order valence-corrected chi connectivity index (χ4v) is 4.49. The van der Waals surface area contributed by atoms with Gasteiger partial charge in [0.25, 0.3) is 0 Å². The second-order valence-corrected chi connectivity index (χ2v) is 8.29. The number of hydrogen-bond acceptors (Lipinski definition) is 5. The third-order valence-electron chi connectivity index (χ3n) is 5.03. The maximum absolute atomic E-state index is 13.3. The van der Waals surface area contributed by atoms with E-state index in [1.807, 2.05) is 0 Å². The molecule has 1 aromatic rings. The number of carbonyl (C=O) groups is 1. The van der Waals surface area contributed by atoms with Crippen LogP contribution in [0.2, 0.25) is 0 Å². The van der Waals surface area contributed by atoms with Crippen molar-refractivity contribution in [1.29, 1.82) is 10.5 Å². The van der Waals surface area contributed by atoms with Crippen molar-refractivity contribution in [2.45, 2.75) is 67.9 Å². The van der Waals surface area contributed by atoms with Gasteiger partial charge in [0.05, 0.1) is 22.4 Å². The van der Waals surface area contributed by atoms with E-state index < -0.39 is 28.1 Å². The summed E-state index contributed by atoms with van der Waals surface area (Å²) in [6, 6.07) is 4.66. The third kappa shape index (κ3) is 4.41. The molecule has 0 aromatic carbocycles. The zero-order valence-corrected chi connectivity index (χ0v) is 16.7. The average molecular weight is 410 g/mol. The van der Waals surface area contributed by atoms with Crippen LogP contribution in [0.4, 0.5) is 13.2 Å². The fraction of sp³-hybridized carbons (Fsp3) is 0.579. The Morgan fingerprint density at radius 1 is 1.32 bits per heavy atom. The number of pyridine rings is 1. The highest BCUT2D eigenvalue weighted by Gasteiger charge is 2.41. The van der Waals surface area contributed by atoms with Gasteiger partial charge in [0.1, 0.15) is 16.6 Å². The molecule has 1 aliphatic rings. The summed E-state index contributed by atoms with van der Waals surface area (Å²) in [6.45, 7) is 2.96. The molecule has 1 aliphatic carbocycles. The number of hydrogen-bond donors (Lipinski definition) is 0. The molecule has 0 radical (unpaired) electrons. The minimum atomic E-state index is -4.69. The molecular weight excluding hydrogens is 389 g/mol. The lowest BCUT2D eigenvalue weighted by Crippen LogP contribution is -2.52. The van der Waals surface area contributed by atoms with Crippen molar-refractivity contribution < 1.29 is 18.0 Å². The van der Waals surface area contributed by atoms with Gasteiger partial charge in [-0.05, 0) is 32.8 Å². The van der Waals surface area contributed by atoms with Crippen LogP contribution in [0.1, 0.15) is 55.8 Å². The molecule has 9 heteroatoms. The first kappa shape index (κ1) is 22.0. The molecule has 0 aliphatic heterocycles. The van der Waals surface area contributed by atoms with Crippen LogP contribution in [0.15, 0.2) is 11.1 Å². The molecule has 0 bridgehead atoms. The fourth-order valence-electron chi connectivity index (χ4n) is 3.42. The highest BCUT2D eigenvalue weighted by molar-refractivity contribution is 8.00. The van der Waals surface area contributed by atoms with E-state index in [9.17, 15) is 28.5 Å². The number of alkyl halides is 3. The Labute approximate surface area is 166 Å². The summed E-state index contributed by atoms with van der Waals surface area (Å²) in [5, 5.41) is 18.0. The summed E-state index contributed by atoms with van der Waals surface area (Å²) < 4.78 is 39.8. The van der Waals surface area contributed by atoms with E-state index in [0.29, 0.717) is 12.8 Å². The van der Waals surface area contributed by atoms with Crippen molar-refractivity contribution >= 4 is 17.7 Å². The molecule has 5 nitrogen and oxygen atoms in total. The Bertz CT molecular complexity index is 835. The second kappa shape index (κ2) is 8.40. The van der Waals surface area contributed by atoms with E-state index in [2.05, 4.69) is 11.1 Å². The van der Waals surface area contributed by atoms with Crippen LogP contribution >= 0.6 is 11.8 Å². The summed E-state index contributed by atoms with van der Waals surface area (Å²) in [5.41, 5.74) is -2.42. The molecule has 1 fully saturated rings. The van der Waals surface area contributed by atoms with Gasteiger partial charge in [-0.2, -0.15) is 23.7 Å². The lowest BCUT2D eigenvalue weighted by Gasteiger charge is -2.40. The standard InChI is InChI=1S/C19H21F3N4OS/c1-12-9-15(19(20,21)22)14(10-23)16(25-12)28-13(2)17(27)26(3)18(11-24)7-5-4-6-8-18/h9,13H,4-8H2,1-3H3/t13-/m1/s1. The monoisotopic (exact) mass is 410 g/mol. The quantitative estimate of drug-likeness (QED) is 0.685. The number of carbonyl (C=O) groups excluding carboxylic acids is 1. The number of aromatic nitrogens is 1. The van der Waals surface area contributed by atoms with E-state index in [4.69, 9.17) is 0 Å². The van der Waals surface area contributed by atoms with Crippen LogP contribution < -0.4 is 0 Å². The van der Waals surface area contributed by atoms with Crippen LogP contribution in [-0.2, 0) is 11.0 Å². The highest BCUT2D eigenvalue weighted by Crippen LogP contribution is 2.38. The number of thioether (sulfide) groups is 1. The predicted molar refractivity (Wildman–Crippen MR) is 98.2 cm³/mol. The van der Waals surface area contributed by atoms with Crippen LogP contribution in [0, 0.1) is 29.6 Å². The molecule has 1 amide bonds. The molecule has 0 N–H and O–H groups in total. The van der Waals surface area contributed by atoms with Gasteiger partial charge in [0.15, 0.2) is 0 Å². The SMILES string of the molecule is Cc1cc(C(F)(F)F)c(C#N)c(S[C@H](C)C(=O)N(C)C2(C#N)CCCCC2)n1. The Morgan fingerprint density at radius 2 is 1.93 bits per heavy atom. The van der Waals surface area contributed by atoms with Crippen molar-refractivity contribution in [2.75, 3.05) is 7.05 Å². The summed E-state index contributed by atoms with van der Waals surface area (Å²) in [5.74, 6) is -0.366. The molecule has 0 saturated heterocycles.